The number of carbonyl (C=O) groups excluding carboxylic acids is 2. The maximum Gasteiger partial charge on any atom is 0.265 e. The molecule has 1 aliphatic rings. The zero-order valence-electron chi connectivity index (χ0n) is 14.4. The van der Waals surface area contributed by atoms with E-state index in [9.17, 15) is 9.59 Å². The van der Waals surface area contributed by atoms with Crippen molar-refractivity contribution >= 4 is 35.3 Å². The summed E-state index contributed by atoms with van der Waals surface area (Å²) < 4.78 is 0. The van der Waals surface area contributed by atoms with Gasteiger partial charge in [0.15, 0.2) is 0 Å². The molecule has 1 aliphatic heterocycles. The van der Waals surface area contributed by atoms with Crippen LogP contribution >= 0.6 is 11.6 Å². The van der Waals surface area contributed by atoms with Gasteiger partial charge in [0.25, 0.3) is 5.91 Å². The van der Waals surface area contributed by atoms with Gasteiger partial charge >= 0.3 is 0 Å². The Morgan fingerprint density at radius 1 is 1.08 bits per heavy atom. The second-order valence-electron chi connectivity index (χ2n) is 6.97. The summed E-state index contributed by atoms with van der Waals surface area (Å²) in [6.07, 6.45) is 1.64. The molecular weight excluding hydrogens is 336 g/mol. The van der Waals surface area contributed by atoms with E-state index in [1.807, 2.05) is 26.8 Å². The minimum atomic E-state index is -0.605. The molecule has 25 heavy (non-hydrogen) atoms. The average Bonchev–Trinajstić information content (AvgIpc) is 2.54. The van der Waals surface area contributed by atoms with Crippen molar-refractivity contribution in [2.24, 2.45) is 4.99 Å². The third kappa shape index (κ3) is 3.49. The van der Waals surface area contributed by atoms with Gasteiger partial charge in [0, 0.05) is 16.8 Å². The van der Waals surface area contributed by atoms with Crippen LogP contribution in [-0.4, -0.2) is 23.6 Å². The van der Waals surface area contributed by atoms with Crippen LogP contribution in [0.5, 0.6) is 0 Å². The van der Waals surface area contributed by atoms with Crippen LogP contribution in [0.1, 0.15) is 42.6 Å². The summed E-state index contributed by atoms with van der Waals surface area (Å²) in [5.74, 6) is -1.27. The summed E-state index contributed by atoms with van der Waals surface area (Å²) in [4.78, 5) is 31.7. The molecule has 0 saturated carbocycles. The standard InChI is InChI=1S/C20H19ClN2O2/c1-20(2,3)22-12-17-15-9-4-5-10-16(15)18(24)23(19(17)25)14-8-6-7-13(21)11-14/h4-12,17H,1-3H3. The summed E-state index contributed by atoms with van der Waals surface area (Å²) in [6, 6.07) is 13.9. The van der Waals surface area contributed by atoms with Crippen molar-refractivity contribution in [1.29, 1.82) is 0 Å². The molecule has 0 N–H and O–H groups in total. The van der Waals surface area contributed by atoms with Crippen molar-refractivity contribution in [3.05, 3.63) is 64.7 Å². The lowest BCUT2D eigenvalue weighted by Crippen LogP contribution is -2.45. The van der Waals surface area contributed by atoms with Crippen LogP contribution in [0.4, 0.5) is 5.69 Å². The molecule has 0 aromatic heterocycles. The van der Waals surface area contributed by atoms with Gasteiger partial charge in [0.05, 0.1) is 17.1 Å². The van der Waals surface area contributed by atoms with Crippen LogP contribution < -0.4 is 4.90 Å². The predicted octanol–water partition coefficient (Wildman–Crippen LogP) is 4.48. The number of benzene rings is 2. The minimum Gasteiger partial charge on any atom is -0.291 e. The monoisotopic (exact) mass is 354 g/mol. The maximum atomic E-state index is 13.1. The Kier molecular flexibility index (Phi) is 4.48. The Morgan fingerprint density at radius 3 is 2.48 bits per heavy atom. The first-order chi connectivity index (χ1) is 11.8. The van der Waals surface area contributed by atoms with Gasteiger partial charge < -0.3 is 0 Å². The zero-order chi connectivity index (χ0) is 18.2. The molecule has 0 saturated heterocycles. The number of carbonyl (C=O) groups is 2. The molecule has 0 spiro atoms. The highest BCUT2D eigenvalue weighted by Crippen LogP contribution is 2.33. The fourth-order valence-corrected chi connectivity index (χ4v) is 2.94. The van der Waals surface area contributed by atoms with Gasteiger partial charge in [-0.05, 0) is 50.6 Å². The highest BCUT2D eigenvalue weighted by Gasteiger charge is 2.38. The van der Waals surface area contributed by atoms with Gasteiger partial charge in [0.2, 0.25) is 5.91 Å². The summed E-state index contributed by atoms with van der Waals surface area (Å²) >= 11 is 6.04. The van der Waals surface area contributed by atoms with Gasteiger partial charge in [-0.3, -0.25) is 14.6 Å². The third-order valence-electron chi connectivity index (χ3n) is 3.89. The average molecular weight is 355 g/mol. The molecule has 1 heterocycles. The molecular formula is C20H19ClN2O2. The first kappa shape index (κ1) is 17.4. The fourth-order valence-electron chi connectivity index (χ4n) is 2.76. The predicted molar refractivity (Wildman–Crippen MR) is 101 cm³/mol. The lowest BCUT2D eigenvalue weighted by atomic mass is 9.88. The van der Waals surface area contributed by atoms with Crippen molar-refractivity contribution in [2.45, 2.75) is 32.2 Å². The van der Waals surface area contributed by atoms with Crippen molar-refractivity contribution in [2.75, 3.05) is 4.90 Å². The number of aliphatic imine (C=N–C) groups is 1. The number of halogens is 1. The second kappa shape index (κ2) is 6.45. The number of hydrogen-bond donors (Lipinski definition) is 0. The summed E-state index contributed by atoms with van der Waals surface area (Å²) in [7, 11) is 0. The lowest BCUT2D eigenvalue weighted by Gasteiger charge is -2.31. The topological polar surface area (TPSA) is 49.7 Å². The summed E-state index contributed by atoms with van der Waals surface area (Å²) in [5.41, 5.74) is 1.35. The third-order valence-corrected chi connectivity index (χ3v) is 4.13. The number of rotatable bonds is 2. The SMILES string of the molecule is CC(C)(C)N=CC1C(=O)N(c2cccc(Cl)c2)C(=O)c2ccccc21. The van der Waals surface area contributed by atoms with Crippen LogP contribution in [0.15, 0.2) is 53.5 Å². The number of anilines is 1. The molecule has 2 aromatic rings. The van der Waals surface area contributed by atoms with Crippen LogP contribution in [-0.2, 0) is 4.79 Å². The molecule has 2 aromatic carbocycles. The van der Waals surface area contributed by atoms with E-state index in [0.29, 0.717) is 21.8 Å². The first-order valence-electron chi connectivity index (χ1n) is 8.06. The molecule has 1 unspecified atom stereocenters. The fraction of sp³-hybridized carbons (Fsp3) is 0.250. The van der Waals surface area contributed by atoms with E-state index in [0.717, 1.165) is 0 Å². The number of nitrogens with zero attached hydrogens (tertiary/aromatic N) is 2. The minimum absolute atomic E-state index is 0.308. The van der Waals surface area contributed by atoms with Crippen molar-refractivity contribution in [3.8, 4) is 0 Å². The van der Waals surface area contributed by atoms with Gasteiger partial charge in [-0.1, -0.05) is 35.9 Å². The summed E-state index contributed by atoms with van der Waals surface area (Å²) in [6.45, 7) is 5.88. The van der Waals surface area contributed by atoms with Gasteiger partial charge in [0.1, 0.15) is 0 Å². The van der Waals surface area contributed by atoms with Crippen LogP contribution in [0, 0.1) is 0 Å². The van der Waals surface area contributed by atoms with Gasteiger partial charge in [-0.2, -0.15) is 0 Å². The summed E-state index contributed by atoms with van der Waals surface area (Å²) in [5, 5.41) is 0.469. The Balaban J connectivity index is 2.13. The molecule has 128 valence electrons. The smallest absolute Gasteiger partial charge is 0.265 e. The molecule has 0 fully saturated rings. The molecule has 0 aliphatic carbocycles. The van der Waals surface area contributed by atoms with E-state index in [-0.39, 0.29) is 17.4 Å². The largest absolute Gasteiger partial charge is 0.291 e. The van der Waals surface area contributed by atoms with Crippen LogP contribution in [0.25, 0.3) is 0 Å². The van der Waals surface area contributed by atoms with E-state index in [4.69, 9.17) is 11.6 Å². The number of fused-ring (bicyclic) bond motifs is 1. The van der Waals surface area contributed by atoms with E-state index in [2.05, 4.69) is 4.99 Å². The van der Waals surface area contributed by atoms with Gasteiger partial charge in [-0.25, -0.2) is 4.90 Å². The van der Waals surface area contributed by atoms with Crippen molar-refractivity contribution < 1.29 is 9.59 Å². The second-order valence-corrected chi connectivity index (χ2v) is 7.41. The number of amides is 2. The zero-order valence-corrected chi connectivity index (χ0v) is 15.1. The molecule has 0 radical (unpaired) electrons. The van der Waals surface area contributed by atoms with Crippen LogP contribution in [0.2, 0.25) is 5.02 Å². The normalized spacial score (nSPS) is 17.9. The number of hydrogen-bond acceptors (Lipinski definition) is 3. The first-order valence-corrected chi connectivity index (χ1v) is 8.44. The Bertz CT molecular complexity index is 868. The highest BCUT2D eigenvalue weighted by atomic mass is 35.5. The number of imide groups is 1. The van der Waals surface area contributed by atoms with E-state index < -0.39 is 5.92 Å². The highest BCUT2D eigenvalue weighted by molar-refractivity contribution is 6.32. The van der Waals surface area contributed by atoms with Crippen molar-refractivity contribution in [1.82, 2.24) is 0 Å². The lowest BCUT2D eigenvalue weighted by molar-refractivity contribution is -0.118. The Labute approximate surface area is 152 Å². The molecule has 5 heteroatoms. The quantitative estimate of drug-likeness (QED) is 0.589. The molecule has 3 rings (SSSR count). The molecule has 2 amide bonds. The molecule has 4 nitrogen and oxygen atoms in total. The maximum absolute atomic E-state index is 13.1. The van der Waals surface area contributed by atoms with Gasteiger partial charge in [-0.15, -0.1) is 0 Å². The Hall–Kier alpha value is -2.46. The van der Waals surface area contributed by atoms with E-state index in [1.54, 1.807) is 48.7 Å². The molecule has 1 atom stereocenters. The molecule has 0 bridgehead atoms. The van der Waals surface area contributed by atoms with E-state index in [1.165, 1.54) is 4.90 Å². The van der Waals surface area contributed by atoms with E-state index >= 15 is 0 Å². The van der Waals surface area contributed by atoms with Crippen LogP contribution in [0.3, 0.4) is 0 Å². The van der Waals surface area contributed by atoms with Crippen molar-refractivity contribution in [3.63, 3.8) is 0 Å². The Morgan fingerprint density at radius 2 is 1.80 bits per heavy atom.